The Morgan fingerprint density at radius 3 is 2.67 bits per heavy atom. The number of hydrogen-bond donors (Lipinski definition) is 0. The fraction of sp³-hybridized carbons (Fsp3) is 0.261. The molecule has 30 heavy (non-hydrogen) atoms. The first-order chi connectivity index (χ1) is 14.7. The van der Waals surface area contributed by atoms with Gasteiger partial charge in [0.2, 0.25) is 0 Å². The van der Waals surface area contributed by atoms with E-state index in [2.05, 4.69) is 59.1 Å². The van der Waals surface area contributed by atoms with Crippen LogP contribution in [0.1, 0.15) is 29.6 Å². The van der Waals surface area contributed by atoms with Crippen molar-refractivity contribution in [2.24, 2.45) is 0 Å². The van der Waals surface area contributed by atoms with E-state index >= 15 is 0 Å². The lowest BCUT2D eigenvalue weighted by Gasteiger charge is -2.11. The summed E-state index contributed by atoms with van der Waals surface area (Å²) in [5.41, 5.74) is 4.59. The van der Waals surface area contributed by atoms with Gasteiger partial charge in [0.15, 0.2) is 11.0 Å². The second kappa shape index (κ2) is 9.45. The SMILES string of the molecule is CCn1c(COc2cccc(C)c2C)nnc1SCc1csc(-c2ccccc2)n1. The molecule has 0 bridgehead atoms. The molecule has 0 aliphatic carbocycles. The monoisotopic (exact) mass is 436 g/mol. The number of ether oxygens (including phenoxy) is 1. The Hall–Kier alpha value is -2.64. The van der Waals surface area contributed by atoms with Crippen molar-refractivity contribution in [2.45, 2.75) is 44.8 Å². The van der Waals surface area contributed by atoms with Crippen molar-refractivity contribution in [1.29, 1.82) is 0 Å². The van der Waals surface area contributed by atoms with E-state index < -0.39 is 0 Å². The number of aromatic nitrogens is 4. The molecule has 0 fully saturated rings. The summed E-state index contributed by atoms with van der Waals surface area (Å²) in [6, 6.07) is 16.4. The Labute approximate surface area is 185 Å². The van der Waals surface area contributed by atoms with Crippen LogP contribution in [-0.2, 0) is 18.9 Å². The average Bonchev–Trinajstić information content (AvgIpc) is 3.40. The molecule has 7 heteroatoms. The summed E-state index contributed by atoms with van der Waals surface area (Å²) in [7, 11) is 0. The van der Waals surface area contributed by atoms with Gasteiger partial charge in [0, 0.05) is 23.2 Å². The van der Waals surface area contributed by atoms with Gasteiger partial charge in [-0.15, -0.1) is 21.5 Å². The normalized spacial score (nSPS) is 11.0. The molecule has 5 nitrogen and oxygen atoms in total. The third-order valence-corrected chi connectivity index (χ3v) is 6.88. The van der Waals surface area contributed by atoms with E-state index in [1.807, 2.05) is 30.3 Å². The molecule has 0 aliphatic heterocycles. The highest BCUT2D eigenvalue weighted by Crippen LogP contribution is 2.28. The van der Waals surface area contributed by atoms with Crippen LogP contribution in [0.15, 0.2) is 59.1 Å². The van der Waals surface area contributed by atoms with Gasteiger partial charge in [-0.1, -0.05) is 54.2 Å². The van der Waals surface area contributed by atoms with E-state index in [0.29, 0.717) is 6.61 Å². The molecule has 2 heterocycles. The maximum atomic E-state index is 6.03. The number of hydrogen-bond acceptors (Lipinski definition) is 6. The van der Waals surface area contributed by atoms with Gasteiger partial charge in [0.1, 0.15) is 17.4 Å². The van der Waals surface area contributed by atoms with E-state index in [1.165, 1.54) is 5.56 Å². The van der Waals surface area contributed by atoms with Gasteiger partial charge < -0.3 is 9.30 Å². The number of nitrogens with zero attached hydrogens (tertiary/aromatic N) is 4. The fourth-order valence-electron chi connectivity index (χ4n) is 3.10. The Morgan fingerprint density at radius 2 is 1.87 bits per heavy atom. The molecule has 0 aliphatic rings. The van der Waals surface area contributed by atoms with Crippen molar-refractivity contribution in [3.8, 4) is 16.3 Å². The summed E-state index contributed by atoms with van der Waals surface area (Å²) in [6.45, 7) is 7.47. The van der Waals surface area contributed by atoms with Gasteiger partial charge >= 0.3 is 0 Å². The molecule has 0 spiro atoms. The van der Waals surface area contributed by atoms with Gasteiger partial charge in [0.05, 0.1) is 5.69 Å². The predicted octanol–water partition coefficient (Wildman–Crippen LogP) is 5.91. The Bertz CT molecular complexity index is 1120. The summed E-state index contributed by atoms with van der Waals surface area (Å²) in [5.74, 6) is 2.49. The average molecular weight is 437 g/mol. The molecule has 2 aromatic carbocycles. The quantitative estimate of drug-likeness (QED) is 0.321. The van der Waals surface area contributed by atoms with Crippen LogP contribution in [0.5, 0.6) is 5.75 Å². The molecule has 4 rings (SSSR count). The summed E-state index contributed by atoms with van der Waals surface area (Å²) in [6.07, 6.45) is 0. The first-order valence-corrected chi connectivity index (χ1v) is 11.8. The predicted molar refractivity (Wildman–Crippen MR) is 123 cm³/mol. The molecule has 0 saturated carbocycles. The number of benzene rings is 2. The maximum absolute atomic E-state index is 6.03. The molecule has 0 atom stereocenters. The van der Waals surface area contributed by atoms with Crippen molar-refractivity contribution >= 4 is 23.1 Å². The van der Waals surface area contributed by atoms with E-state index in [4.69, 9.17) is 9.72 Å². The third kappa shape index (κ3) is 4.57. The van der Waals surface area contributed by atoms with Crippen LogP contribution >= 0.6 is 23.1 Å². The highest BCUT2D eigenvalue weighted by molar-refractivity contribution is 7.98. The minimum atomic E-state index is 0.403. The molecule has 154 valence electrons. The molecule has 0 radical (unpaired) electrons. The van der Waals surface area contributed by atoms with Crippen molar-refractivity contribution in [2.75, 3.05) is 0 Å². The third-order valence-electron chi connectivity index (χ3n) is 4.94. The van der Waals surface area contributed by atoms with Crippen LogP contribution in [0.3, 0.4) is 0 Å². The first-order valence-electron chi connectivity index (χ1n) is 9.89. The lowest BCUT2D eigenvalue weighted by Crippen LogP contribution is -2.07. The smallest absolute Gasteiger partial charge is 0.191 e. The van der Waals surface area contributed by atoms with E-state index in [-0.39, 0.29) is 0 Å². The molecule has 0 saturated heterocycles. The summed E-state index contributed by atoms with van der Waals surface area (Å²) in [4.78, 5) is 4.77. The highest BCUT2D eigenvalue weighted by atomic mass is 32.2. The van der Waals surface area contributed by atoms with Crippen LogP contribution < -0.4 is 4.74 Å². The molecular formula is C23H24N4OS2. The zero-order valence-corrected chi connectivity index (χ0v) is 19.0. The largest absolute Gasteiger partial charge is 0.485 e. The maximum Gasteiger partial charge on any atom is 0.191 e. The Kier molecular flexibility index (Phi) is 6.50. The minimum Gasteiger partial charge on any atom is -0.485 e. The topological polar surface area (TPSA) is 52.8 Å². The molecule has 0 N–H and O–H groups in total. The van der Waals surface area contributed by atoms with Crippen LogP contribution in [0.4, 0.5) is 0 Å². The van der Waals surface area contributed by atoms with Crippen LogP contribution in [-0.4, -0.2) is 19.7 Å². The molecule has 0 unspecified atom stereocenters. The number of rotatable bonds is 8. The highest BCUT2D eigenvalue weighted by Gasteiger charge is 2.14. The lowest BCUT2D eigenvalue weighted by molar-refractivity contribution is 0.286. The first kappa shape index (κ1) is 20.6. The van der Waals surface area contributed by atoms with Gasteiger partial charge in [-0.25, -0.2) is 4.98 Å². The van der Waals surface area contributed by atoms with Crippen molar-refractivity contribution < 1.29 is 4.74 Å². The van der Waals surface area contributed by atoms with E-state index in [9.17, 15) is 0 Å². The Morgan fingerprint density at radius 1 is 1.03 bits per heavy atom. The summed E-state index contributed by atoms with van der Waals surface area (Å²) >= 11 is 3.33. The number of aryl methyl sites for hydroxylation is 1. The Balaban J connectivity index is 1.41. The second-order valence-corrected chi connectivity index (χ2v) is 8.73. The van der Waals surface area contributed by atoms with Crippen LogP contribution in [0, 0.1) is 13.8 Å². The van der Waals surface area contributed by atoms with Gasteiger partial charge in [-0.2, -0.15) is 0 Å². The van der Waals surface area contributed by atoms with Crippen molar-refractivity contribution in [3.05, 3.63) is 76.6 Å². The van der Waals surface area contributed by atoms with Crippen LogP contribution in [0.25, 0.3) is 10.6 Å². The molecule has 4 aromatic rings. The number of thioether (sulfide) groups is 1. The zero-order valence-electron chi connectivity index (χ0n) is 17.3. The molecule has 2 aromatic heterocycles. The van der Waals surface area contributed by atoms with Crippen molar-refractivity contribution in [3.63, 3.8) is 0 Å². The zero-order chi connectivity index (χ0) is 20.9. The lowest BCUT2D eigenvalue weighted by atomic mass is 10.1. The second-order valence-electron chi connectivity index (χ2n) is 6.93. The minimum absolute atomic E-state index is 0.403. The van der Waals surface area contributed by atoms with Gasteiger partial charge in [-0.3, -0.25) is 0 Å². The molecular weight excluding hydrogens is 412 g/mol. The van der Waals surface area contributed by atoms with E-state index in [1.54, 1.807) is 23.1 Å². The fourth-order valence-corrected chi connectivity index (χ4v) is 4.94. The summed E-state index contributed by atoms with van der Waals surface area (Å²) < 4.78 is 8.14. The van der Waals surface area contributed by atoms with Gasteiger partial charge in [-0.05, 0) is 38.0 Å². The number of thiazole rings is 1. The summed E-state index contributed by atoms with van der Waals surface area (Å²) in [5, 5.41) is 12.8. The van der Waals surface area contributed by atoms with E-state index in [0.717, 1.165) is 50.9 Å². The standard InChI is InChI=1S/C23H24N4OS2/c1-4-27-21(13-28-20-12-8-9-16(2)17(20)3)25-26-23(27)30-15-19-14-29-22(24-19)18-10-6-5-7-11-18/h5-12,14H,4,13,15H2,1-3H3. The van der Waals surface area contributed by atoms with Crippen LogP contribution in [0.2, 0.25) is 0 Å². The molecule has 0 amide bonds. The van der Waals surface area contributed by atoms with Crippen molar-refractivity contribution in [1.82, 2.24) is 19.7 Å². The van der Waals surface area contributed by atoms with Gasteiger partial charge in [0.25, 0.3) is 0 Å².